The number of nitriles is 1. The van der Waals surface area contributed by atoms with Crippen LogP contribution >= 0.6 is 27.3 Å². The highest BCUT2D eigenvalue weighted by Gasteiger charge is 2.02. The van der Waals surface area contributed by atoms with Crippen LogP contribution < -0.4 is 5.32 Å². The number of halogens is 1. The molecule has 2 rings (SSSR count). The molecule has 16 heavy (non-hydrogen) atoms. The zero-order chi connectivity index (χ0) is 11.4. The van der Waals surface area contributed by atoms with Gasteiger partial charge in [0.2, 0.25) is 0 Å². The molecule has 0 aliphatic rings. The summed E-state index contributed by atoms with van der Waals surface area (Å²) < 4.78 is 1.08. The minimum atomic E-state index is 0.568. The molecule has 0 fully saturated rings. The van der Waals surface area contributed by atoms with Crippen LogP contribution in [0.2, 0.25) is 0 Å². The molecule has 5 heteroatoms. The highest BCUT2D eigenvalue weighted by molar-refractivity contribution is 9.10. The van der Waals surface area contributed by atoms with Crippen LogP contribution in [0.15, 0.2) is 34.2 Å². The first kappa shape index (κ1) is 11.1. The normalized spacial score (nSPS) is 9.75. The summed E-state index contributed by atoms with van der Waals surface area (Å²) in [6.07, 6.45) is 1.67. The summed E-state index contributed by atoms with van der Waals surface area (Å²) in [6.45, 7) is 0.682. The Labute approximate surface area is 106 Å². The molecule has 0 saturated carbocycles. The molecule has 0 atom stereocenters. The predicted octanol–water partition coefficient (Wildman–Crippen LogP) is 3.39. The van der Waals surface area contributed by atoms with Crippen LogP contribution in [0, 0.1) is 11.3 Å². The van der Waals surface area contributed by atoms with E-state index in [4.69, 9.17) is 5.26 Å². The Morgan fingerprint density at radius 2 is 2.44 bits per heavy atom. The first-order chi connectivity index (χ1) is 7.79. The van der Waals surface area contributed by atoms with Crippen LogP contribution in [-0.2, 0) is 6.54 Å². The highest BCUT2D eigenvalue weighted by atomic mass is 79.9. The largest absolute Gasteiger partial charge is 0.364 e. The topological polar surface area (TPSA) is 48.7 Å². The van der Waals surface area contributed by atoms with Gasteiger partial charge in [0, 0.05) is 20.9 Å². The van der Waals surface area contributed by atoms with Gasteiger partial charge >= 0.3 is 0 Å². The van der Waals surface area contributed by atoms with Crippen LogP contribution in [-0.4, -0.2) is 4.98 Å². The van der Waals surface area contributed by atoms with Crippen LogP contribution in [0.4, 0.5) is 5.82 Å². The fourth-order valence-corrected chi connectivity index (χ4v) is 2.64. The van der Waals surface area contributed by atoms with Gasteiger partial charge in [0.15, 0.2) is 0 Å². The number of hydrogen-bond acceptors (Lipinski definition) is 4. The number of aromatic nitrogens is 1. The molecule has 0 radical (unpaired) electrons. The number of pyridine rings is 1. The van der Waals surface area contributed by atoms with Crippen molar-refractivity contribution in [3.05, 3.63) is 44.7 Å². The monoisotopic (exact) mass is 293 g/mol. The molecule has 2 aromatic heterocycles. The van der Waals surface area contributed by atoms with E-state index in [-0.39, 0.29) is 0 Å². The number of rotatable bonds is 3. The maximum absolute atomic E-state index is 8.88. The number of nitrogens with zero attached hydrogens (tertiary/aromatic N) is 2. The second-order valence-corrected chi connectivity index (χ2v) is 5.01. The lowest BCUT2D eigenvalue weighted by Crippen LogP contribution is -2.01. The van der Waals surface area contributed by atoms with Crippen molar-refractivity contribution in [3.8, 4) is 6.07 Å². The van der Waals surface area contributed by atoms with Crippen molar-refractivity contribution in [2.75, 3.05) is 5.32 Å². The molecule has 1 N–H and O–H groups in total. The molecule has 3 nitrogen and oxygen atoms in total. The van der Waals surface area contributed by atoms with E-state index in [1.165, 1.54) is 4.88 Å². The quantitative estimate of drug-likeness (QED) is 0.944. The van der Waals surface area contributed by atoms with Gasteiger partial charge in [-0.15, -0.1) is 11.3 Å². The van der Waals surface area contributed by atoms with Crippen molar-refractivity contribution < 1.29 is 0 Å². The smallest absolute Gasteiger partial charge is 0.144 e. The number of hydrogen-bond donors (Lipinski definition) is 1. The number of thiophene rings is 1. The minimum Gasteiger partial charge on any atom is -0.364 e. The van der Waals surface area contributed by atoms with Crippen LogP contribution in [0.1, 0.15) is 10.4 Å². The maximum atomic E-state index is 8.88. The van der Waals surface area contributed by atoms with E-state index in [9.17, 15) is 0 Å². The van der Waals surface area contributed by atoms with Crippen LogP contribution in [0.25, 0.3) is 0 Å². The van der Waals surface area contributed by atoms with Gasteiger partial charge in [-0.2, -0.15) is 5.26 Å². The summed E-state index contributed by atoms with van der Waals surface area (Å²) in [6, 6.07) is 7.66. The van der Waals surface area contributed by atoms with Gasteiger partial charge in [0.1, 0.15) is 11.9 Å². The lowest BCUT2D eigenvalue weighted by atomic mass is 10.3. The Hall–Kier alpha value is -1.38. The average Bonchev–Trinajstić information content (AvgIpc) is 2.73. The summed E-state index contributed by atoms with van der Waals surface area (Å²) in [5, 5.41) is 14.1. The highest BCUT2D eigenvalue weighted by Crippen LogP contribution is 2.21. The maximum Gasteiger partial charge on any atom is 0.144 e. The van der Waals surface area contributed by atoms with Crippen molar-refractivity contribution in [3.63, 3.8) is 0 Å². The molecule has 0 saturated heterocycles. The first-order valence-corrected chi connectivity index (χ1v) is 6.29. The van der Waals surface area contributed by atoms with Gasteiger partial charge in [-0.25, -0.2) is 4.98 Å². The van der Waals surface area contributed by atoms with Crippen molar-refractivity contribution in [1.82, 2.24) is 4.98 Å². The van der Waals surface area contributed by atoms with E-state index in [0.717, 1.165) is 4.47 Å². The van der Waals surface area contributed by atoms with Gasteiger partial charge in [-0.3, -0.25) is 0 Å². The summed E-state index contributed by atoms with van der Waals surface area (Å²) in [4.78, 5) is 5.33. The second kappa shape index (κ2) is 5.10. The van der Waals surface area contributed by atoms with Gasteiger partial charge < -0.3 is 5.32 Å². The van der Waals surface area contributed by atoms with E-state index in [0.29, 0.717) is 17.9 Å². The number of anilines is 1. The van der Waals surface area contributed by atoms with Gasteiger partial charge in [-0.05, 0) is 34.1 Å². The molecule has 80 valence electrons. The summed E-state index contributed by atoms with van der Waals surface area (Å²) in [5.74, 6) is 0.634. The first-order valence-electron chi connectivity index (χ1n) is 4.61. The summed E-state index contributed by atoms with van der Waals surface area (Å²) in [7, 11) is 0. The average molecular weight is 294 g/mol. The third kappa shape index (κ3) is 2.60. The second-order valence-electron chi connectivity index (χ2n) is 3.10. The predicted molar refractivity (Wildman–Crippen MR) is 68.3 cm³/mol. The van der Waals surface area contributed by atoms with Crippen LogP contribution in [0.3, 0.4) is 0 Å². The van der Waals surface area contributed by atoms with Gasteiger partial charge in [-0.1, -0.05) is 0 Å². The van der Waals surface area contributed by atoms with E-state index in [1.54, 1.807) is 29.7 Å². The van der Waals surface area contributed by atoms with Crippen molar-refractivity contribution in [2.45, 2.75) is 6.54 Å². The molecule has 0 unspecified atom stereocenters. The Morgan fingerprint density at radius 1 is 1.56 bits per heavy atom. The SMILES string of the molecule is N#Cc1cccnc1NCc1cc(Br)cs1. The van der Waals surface area contributed by atoms with E-state index < -0.39 is 0 Å². The Balaban J connectivity index is 2.08. The standard InChI is InChI=1S/C11H8BrN3S/c12-9-4-10(16-7-9)6-15-11-8(5-13)2-1-3-14-11/h1-4,7H,6H2,(H,14,15). The Kier molecular flexibility index (Phi) is 3.54. The molecule has 0 aliphatic carbocycles. The third-order valence-electron chi connectivity index (χ3n) is 1.98. The van der Waals surface area contributed by atoms with Crippen molar-refractivity contribution >= 4 is 33.1 Å². The lowest BCUT2D eigenvalue weighted by molar-refractivity contribution is 1.13. The molecular formula is C11H8BrN3S. The molecule has 0 aromatic carbocycles. The van der Waals surface area contributed by atoms with E-state index >= 15 is 0 Å². The Bertz CT molecular complexity index is 530. The zero-order valence-electron chi connectivity index (χ0n) is 8.27. The third-order valence-corrected chi connectivity index (χ3v) is 3.68. The zero-order valence-corrected chi connectivity index (χ0v) is 10.7. The molecule has 0 bridgehead atoms. The number of nitrogens with one attached hydrogen (secondary N) is 1. The molecule has 0 aliphatic heterocycles. The van der Waals surface area contributed by atoms with Crippen LogP contribution in [0.5, 0.6) is 0 Å². The molecule has 0 spiro atoms. The minimum absolute atomic E-state index is 0.568. The van der Waals surface area contributed by atoms with Gasteiger partial charge in [0.25, 0.3) is 0 Å². The lowest BCUT2D eigenvalue weighted by Gasteiger charge is -2.04. The fourth-order valence-electron chi connectivity index (χ4n) is 1.25. The Morgan fingerprint density at radius 3 is 3.12 bits per heavy atom. The van der Waals surface area contributed by atoms with E-state index in [2.05, 4.69) is 32.3 Å². The van der Waals surface area contributed by atoms with Crippen molar-refractivity contribution in [2.24, 2.45) is 0 Å². The fraction of sp³-hybridized carbons (Fsp3) is 0.0909. The molecule has 0 amide bonds. The van der Waals surface area contributed by atoms with Crippen molar-refractivity contribution in [1.29, 1.82) is 5.26 Å². The molecule has 2 aromatic rings. The molecule has 2 heterocycles. The summed E-state index contributed by atoms with van der Waals surface area (Å²) in [5.41, 5.74) is 0.568. The molecular weight excluding hydrogens is 286 g/mol. The van der Waals surface area contributed by atoms with Gasteiger partial charge in [0.05, 0.1) is 12.1 Å². The van der Waals surface area contributed by atoms with E-state index in [1.807, 2.05) is 11.4 Å². The summed E-state index contributed by atoms with van der Waals surface area (Å²) >= 11 is 5.06.